The van der Waals surface area contributed by atoms with Gasteiger partial charge in [0.15, 0.2) is 0 Å². The first kappa shape index (κ1) is 18.0. The van der Waals surface area contributed by atoms with Gasteiger partial charge in [0, 0.05) is 49.7 Å². The summed E-state index contributed by atoms with van der Waals surface area (Å²) in [6.45, 7) is 6.15. The van der Waals surface area contributed by atoms with Gasteiger partial charge in [0.25, 0.3) is 0 Å². The monoisotopic (exact) mass is 396 g/mol. The van der Waals surface area contributed by atoms with Gasteiger partial charge in [-0.05, 0) is 19.8 Å². The number of hydrogen-bond acceptors (Lipinski definition) is 9. The molecule has 29 heavy (non-hydrogen) atoms. The molecule has 2 aromatic rings. The van der Waals surface area contributed by atoms with Crippen molar-refractivity contribution in [3.8, 4) is 11.3 Å². The summed E-state index contributed by atoms with van der Waals surface area (Å²) in [6, 6.07) is 0. The molecule has 3 aliphatic heterocycles. The van der Waals surface area contributed by atoms with E-state index in [1.165, 1.54) is 0 Å². The molecule has 152 valence electrons. The first-order valence-corrected chi connectivity index (χ1v) is 9.94. The summed E-state index contributed by atoms with van der Waals surface area (Å²) in [6.07, 6.45) is 4.91. The molecule has 5 heterocycles. The molecule has 0 radical (unpaired) electrons. The van der Waals surface area contributed by atoms with Crippen molar-refractivity contribution in [2.45, 2.75) is 25.3 Å². The second-order valence-corrected chi connectivity index (χ2v) is 7.79. The number of carbonyl (C=O) groups excluding carboxylic acids is 1. The second kappa shape index (κ2) is 6.80. The van der Waals surface area contributed by atoms with Crippen molar-refractivity contribution in [1.29, 1.82) is 0 Å². The Morgan fingerprint density at radius 3 is 2.62 bits per heavy atom. The molecule has 2 saturated heterocycles. The highest BCUT2D eigenvalue weighted by Gasteiger charge is 2.46. The summed E-state index contributed by atoms with van der Waals surface area (Å²) in [5.41, 5.74) is 7.70. The predicted molar refractivity (Wildman–Crippen MR) is 108 cm³/mol. The fraction of sp³-hybridized carbons (Fsp3) is 0.526. The van der Waals surface area contributed by atoms with Crippen LogP contribution in [0.5, 0.6) is 0 Å². The number of nitrogen functional groups attached to an aromatic ring is 1. The molecule has 0 bridgehead atoms. The summed E-state index contributed by atoms with van der Waals surface area (Å²) in [5.74, 6) is 1.75. The number of ether oxygens (including phenoxy) is 1. The summed E-state index contributed by atoms with van der Waals surface area (Å²) in [7, 11) is 0. The number of anilines is 3. The minimum atomic E-state index is -0.600. The van der Waals surface area contributed by atoms with Crippen LogP contribution in [-0.2, 0) is 16.0 Å². The van der Waals surface area contributed by atoms with E-state index in [1.807, 2.05) is 6.92 Å². The molecule has 0 unspecified atom stereocenters. The van der Waals surface area contributed by atoms with Gasteiger partial charge in [-0.1, -0.05) is 0 Å². The molecular formula is C19H24N8O2. The van der Waals surface area contributed by atoms with Crippen LogP contribution in [0.15, 0.2) is 12.4 Å². The lowest BCUT2D eigenvalue weighted by molar-refractivity contribution is -0.123. The largest absolute Gasteiger partial charge is 0.378 e. The molecule has 0 spiro atoms. The zero-order valence-corrected chi connectivity index (χ0v) is 16.4. The van der Waals surface area contributed by atoms with Gasteiger partial charge >= 0.3 is 0 Å². The lowest BCUT2D eigenvalue weighted by Crippen LogP contribution is -2.51. The Labute approximate surface area is 168 Å². The molecule has 3 N–H and O–H groups in total. The van der Waals surface area contributed by atoms with Gasteiger partial charge in [0.05, 0.1) is 18.9 Å². The SMILES string of the molecule is C[C@]1(N2CCc3c(-c4cnc(N)nc4)nc(N4CCOCC4)nc32)CCNC1=O. The number of hydrogen-bond donors (Lipinski definition) is 2. The first-order chi connectivity index (χ1) is 14.1. The smallest absolute Gasteiger partial charge is 0.245 e. The predicted octanol–water partition coefficient (Wildman–Crippen LogP) is -0.00650. The summed E-state index contributed by atoms with van der Waals surface area (Å²) >= 11 is 0. The highest BCUT2D eigenvalue weighted by molar-refractivity contribution is 5.92. The van der Waals surface area contributed by atoms with Crippen molar-refractivity contribution >= 4 is 23.6 Å². The van der Waals surface area contributed by atoms with Crippen LogP contribution in [0.4, 0.5) is 17.7 Å². The van der Waals surface area contributed by atoms with Crippen LogP contribution in [-0.4, -0.2) is 70.8 Å². The van der Waals surface area contributed by atoms with E-state index < -0.39 is 5.54 Å². The summed E-state index contributed by atoms with van der Waals surface area (Å²) in [5, 5.41) is 2.96. The van der Waals surface area contributed by atoms with E-state index in [0.29, 0.717) is 25.7 Å². The maximum Gasteiger partial charge on any atom is 0.245 e. The Balaban J connectivity index is 1.64. The van der Waals surface area contributed by atoms with Crippen LogP contribution in [0.2, 0.25) is 0 Å². The van der Waals surface area contributed by atoms with Crippen LogP contribution in [0.3, 0.4) is 0 Å². The highest BCUT2D eigenvalue weighted by Crippen LogP contribution is 2.40. The molecule has 10 nitrogen and oxygen atoms in total. The molecule has 3 aliphatic rings. The van der Waals surface area contributed by atoms with Crippen molar-refractivity contribution < 1.29 is 9.53 Å². The van der Waals surface area contributed by atoms with Crippen molar-refractivity contribution in [3.05, 3.63) is 18.0 Å². The van der Waals surface area contributed by atoms with Crippen LogP contribution in [0.1, 0.15) is 18.9 Å². The highest BCUT2D eigenvalue weighted by atomic mass is 16.5. The average Bonchev–Trinajstić information content (AvgIpc) is 3.33. The van der Waals surface area contributed by atoms with Crippen molar-refractivity contribution in [2.24, 2.45) is 0 Å². The zero-order chi connectivity index (χ0) is 20.0. The molecule has 0 aromatic carbocycles. The van der Waals surface area contributed by atoms with Gasteiger partial charge in [0.2, 0.25) is 17.8 Å². The molecule has 2 fully saturated rings. The Bertz CT molecular complexity index is 944. The third-order valence-electron chi connectivity index (χ3n) is 6.04. The fourth-order valence-electron chi connectivity index (χ4n) is 4.31. The van der Waals surface area contributed by atoms with Crippen LogP contribution in [0, 0.1) is 0 Å². The van der Waals surface area contributed by atoms with Crippen LogP contribution >= 0.6 is 0 Å². The fourth-order valence-corrected chi connectivity index (χ4v) is 4.31. The van der Waals surface area contributed by atoms with Gasteiger partial charge in [-0.25, -0.2) is 15.0 Å². The maximum atomic E-state index is 12.6. The van der Waals surface area contributed by atoms with Gasteiger partial charge in [0.1, 0.15) is 11.4 Å². The first-order valence-electron chi connectivity index (χ1n) is 9.94. The van der Waals surface area contributed by atoms with Crippen molar-refractivity contribution in [3.63, 3.8) is 0 Å². The van der Waals surface area contributed by atoms with Crippen molar-refractivity contribution in [2.75, 3.05) is 54.9 Å². The van der Waals surface area contributed by atoms with Crippen LogP contribution < -0.4 is 20.9 Å². The molecular weight excluding hydrogens is 372 g/mol. The van der Waals surface area contributed by atoms with Gasteiger partial charge < -0.3 is 25.6 Å². The number of nitrogens with one attached hydrogen (secondary N) is 1. The number of nitrogens with zero attached hydrogens (tertiary/aromatic N) is 6. The van der Waals surface area contributed by atoms with E-state index in [9.17, 15) is 4.79 Å². The minimum Gasteiger partial charge on any atom is -0.378 e. The van der Waals surface area contributed by atoms with E-state index in [-0.39, 0.29) is 11.9 Å². The Hall–Kier alpha value is -3.01. The average molecular weight is 396 g/mol. The quantitative estimate of drug-likeness (QED) is 0.737. The second-order valence-electron chi connectivity index (χ2n) is 7.79. The Kier molecular flexibility index (Phi) is 4.23. The van der Waals surface area contributed by atoms with Crippen LogP contribution in [0.25, 0.3) is 11.3 Å². The van der Waals surface area contributed by atoms with Gasteiger partial charge in [-0.2, -0.15) is 4.98 Å². The van der Waals surface area contributed by atoms with Crippen molar-refractivity contribution in [1.82, 2.24) is 25.3 Å². The molecule has 2 aromatic heterocycles. The number of rotatable bonds is 3. The zero-order valence-electron chi connectivity index (χ0n) is 16.4. The van der Waals surface area contributed by atoms with E-state index in [0.717, 1.165) is 55.1 Å². The van der Waals surface area contributed by atoms with E-state index >= 15 is 0 Å². The molecule has 1 amide bonds. The Morgan fingerprint density at radius 2 is 1.93 bits per heavy atom. The summed E-state index contributed by atoms with van der Waals surface area (Å²) in [4.78, 5) is 35.0. The third kappa shape index (κ3) is 2.94. The summed E-state index contributed by atoms with van der Waals surface area (Å²) < 4.78 is 5.48. The number of aromatic nitrogens is 4. The number of morpholine rings is 1. The maximum absolute atomic E-state index is 12.6. The Morgan fingerprint density at radius 1 is 1.17 bits per heavy atom. The lowest BCUT2D eigenvalue weighted by atomic mass is 9.98. The molecule has 1 atom stereocenters. The van der Waals surface area contributed by atoms with E-state index in [1.54, 1.807) is 12.4 Å². The molecule has 10 heteroatoms. The van der Waals surface area contributed by atoms with E-state index in [4.69, 9.17) is 20.4 Å². The number of amides is 1. The third-order valence-corrected chi connectivity index (χ3v) is 6.04. The number of fused-ring (bicyclic) bond motifs is 1. The standard InChI is InChI=1S/C19H24N8O2/c1-19(3-4-21-16(19)28)27-5-2-13-14(12-10-22-17(20)23-11-12)24-18(25-15(13)27)26-6-8-29-9-7-26/h10-11H,2-9H2,1H3,(H,21,28)(H2,20,22,23)/t19-/m0/s1. The molecule has 0 aliphatic carbocycles. The number of nitrogens with two attached hydrogens (primary N) is 1. The van der Waals surface area contributed by atoms with Gasteiger partial charge in [-0.15, -0.1) is 0 Å². The molecule has 0 saturated carbocycles. The molecule has 5 rings (SSSR count). The topological polar surface area (TPSA) is 122 Å². The minimum absolute atomic E-state index is 0.0502. The number of carbonyl (C=O) groups is 1. The van der Waals surface area contributed by atoms with Gasteiger partial charge in [-0.3, -0.25) is 4.79 Å². The normalized spacial score (nSPS) is 24.0. The lowest BCUT2D eigenvalue weighted by Gasteiger charge is -2.35. The van der Waals surface area contributed by atoms with E-state index in [2.05, 4.69) is 25.1 Å².